The van der Waals surface area contributed by atoms with Crippen LogP contribution in [0.4, 0.5) is 14.9 Å². The Kier molecular flexibility index (Phi) is 11.7. The minimum atomic E-state index is -1.01. The van der Waals surface area contributed by atoms with Gasteiger partial charge in [-0.3, -0.25) is 4.79 Å². The first-order valence-electron chi connectivity index (χ1n) is 16.7. The zero-order chi connectivity index (χ0) is 35.7. The fourth-order valence-electron chi connectivity index (χ4n) is 6.33. The van der Waals surface area contributed by atoms with Crippen LogP contribution in [-0.4, -0.2) is 39.8 Å². The summed E-state index contributed by atoms with van der Waals surface area (Å²) >= 11 is 3.57. The molecule has 1 saturated heterocycles. The number of benzene rings is 5. The quantitative estimate of drug-likeness (QED) is 0.0974. The third-order valence-electron chi connectivity index (χ3n) is 8.98. The van der Waals surface area contributed by atoms with Crippen LogP contribution in [0.2, 0.25) is 0 Å². The second-order valence-electron chi connectivity index (χ2n) is 12.5. The first-order valence-corrected chi connectivity index (χ1v) is 17.5. The van der Waals surface area contributed by atoms with Crippen LogP contribution >= 0.6 is 15.9 Å². The van der Waals surface area contributed by atoms with Crippen molar-refractivity contribution < 1.29 is 33.7 Å². The summed E-state index contributed by atoms with van der Waals surface area (Å²) < 4.78 is 26.4. The fourth-order valence-corrected chi connectivity index (χ4v) is 6.67. The number of aromatic hydroxyl groups is 1. The molecule has 4 atom stereocenters. The van der Waals surface area contributed by atoms with E-state index in [1.165, 1.54) is 41.3 Å². The highest BCUT2D eigenvalue weighted by atomic mass is 79.9. The van der Waals surface area contributed by atoms with Crippen LogP contribution in [0.1, 0.15) is 47.2 Å². The van der Waals surface area contributed by atoms with E-state index < -0.39 is 41.9 Å². The lowest BCUT2D eigenvalue weighted by Gasteiger charge is -2.33. The summed E-state index contributed by atoms with van der Waals surface area (Å²) in [4.78, 5) is 29.5. The number of nitrogens with one attached hydrogen (secondary N) is 1. The van der Waals surface area contributed by atoms with Crippen LogP contribution in [0.15, 0.2) is 132 Å². The van der Waals surface area contributed by atoms with Gasteiger partial charge in [0.1, 0.15) is 30.5 Å². The normalized spacial score (nSPS) is 15.9. The molecular formula is C41H38BrFN2O6. The van der Waals surface area contributed by atoms with Crippen LogP contribution in [0.25, 0.3) is 0 Å². The number of hydrogen-bond donors (Lipinski definition) is 3. The smallest absolute Gasteiger partial charge is 0.416 e. The predicted octanol–water partition coefficient (Wildman–Crippen LogP) is 8.75. The summed E-state index contributed by atoms with van der Waals surface area (Å²) in [5.74, 6) is -1.25. The average Bonchev–Trinajstić information content (AvgIpc) is 3.51. The second kappa shape index (κ2) is 16.7. The number of halogens is 2. The summed E-state index contributed by atoms with van der Waals surface area (Å²) in [6.07, 6.45) is -1.09. The van der Waals surface area contributed by atoms with E-state index in [1.54, 1.807) is 12.1 Å². The first-order chi connectivity index (χ1) is 24.7. The molecule has 8 nitrogen and oxygen atoms in total. The van der Waals surface area contributed by atoms with Crippen molar-refractivity contribution >= 4 is 33.6 Å². The lowest BCUT2D eigenvalue weighted by molar-refractivity contribution is -0.134. The number of ether oxygens (including phenoxy) is 2. The molecule has 5 aromatic rings. The van der Waals surface area contributed by atoms with Gasteiger partial charge in [-0.25, -0.2) is 14.1 Å². The Hall–Kier alpha value is -5.19. The van der Waals surface area contributed by atoms with E-state index in [1.807, 2.05) is 78.9 Å². The van der Waals surface area contributed by atoms with E-state index in [9.17, 15) is 24.2 Å². The molecule has 0 bridgehead atoms. The third-order valence-corrected chi connectivity index (χ3v) is 9.47. The molecule has 1 aliphatic rings. The summed E-state index contributed by atoms with van der Waals surface area (Å²) in [7, 11) is 0. The fraction of sp³-hybridized carbons (Fsp3) is 0.220. The predicted molar refractivity (Wildman–Crippen MR) is 196 cm³/mol. The highest BCUT2D eigenvalue weighted by Gasteiger charge is 2.44. The van der Waals surface area contributed by atoms with Gasteiger partial charge in [-0.05, 0) is 84.5 Å². The molecule has 51 heavy (non-hydrogen) atoms. The Morgan fingerprint density at radius 2 is 1.57 bits per heavy atom. The number of phenols is 1. The molecule has 0 spiro atoms. The summed E-state index contributed by atoms with van der Waals surface area (Å²) in [5, 5.41) is 24.8. The van der Waals surface area contributed by atoms with E-state index in [4.69, 9.17) is 9.47 Å². The Morgan fingerprint density at radius 3 is 2.25 bits per heavy atom. The minimum Gasteiger partial charge on any atom is -0.508 e. The number of aliphatic hydroxyl groups excluding tert-OH is 1. The van der Waals surface area contributed by atoms with Gasteiger partial charge in [0.15, 0.2) is 0 Å². The molecule has 1 aliphatic heterocycles. The van der Waals surface area contributed by atoms with Gasteiger partial charge in [0.25, 0.3) is 0 Å². The lowest BCUT2D eigenvalue weighted by atomic mass is 9.85. The van der Waals surface area contributed by atoms with E-state index in [2.05, 4.69) is 21.2 Å². The average molecular weight is 754 g/mol. The number of imide groups is 1. The van der Waals surface area contributed by atoms with Gasteiger partial charge in [-0.2, -0.15) is 0 Å². The number of carbonyl (C=O) groups excluding carboxylic acids is 2. The molecule has 0 saturated carbocycles. The van der Waals surface area contributed by atoms with Gasteiger partial charge >= 0.3 is 6.09 Å². The molecule has 0 aromatic heterocycles. The molecule has 10 heteroatoms. The zero-order valence-electron chi connectivity index (χ0n) is 27.7. The van der Waals surface area contributed by atoms with Crippen molar-refractivity contribution in [3.8, 4) is 11.5 Å². The van der Waals surface area contributed by atoms with Gasteiger partial charge < -0.3 is 25.0 Å². The maximum absolute atomic E-state index is 14.9. The van der Waals surface area contributed by atoms with Crippen LogP contribution in [-0.2, 0) is 22.6 Å². The third kappa shape index (κ3) is 9.14. The number of nitrogens with zero attached hydrogens (tertiary/aromatic N) is 1. The van der Waals surface area contributed by atoms with E-state index in [0.29, 0.717) is 29.0 Å². The number of rotatable bonds is 14. The maximum Gasteiger partial charge on any atom is 0.416 e. The molecule has 0 aliphatic carbocycles. The van der Waals surface area contributed by atoms with Gasteiger partial charge in [-0.1, -0.05) is 94.8 Å². The van der Waals surface area contributed by atoms with Crippen molar-refractivity contribution in [1.82, 2.24) is 4.90 Å². The van der Waals surface area contributed by atoms with Crippen LogP contribution < -0.4 is 10.1 Å². The number of phenolic OH excluding ortho intramolecular Hbond substituents is 1. The van der Waals surface area contributed by atoms with Gasteiger partial charge in [0.2, 0.25) is 5.91 Å². The van der Waals surface area contributed by atoms with Gasteiger partial charge in [0.05, 0.1) is 24.1 Å². The van der Waals surface area contributed by atoms with Crippen molar-refractivity contribution in [3.63, 3.8) is 0 Å². The molecular weight excluding hydrogens is 715 g/mol. The van der Waals surface area contributed by atoms with Crippen molar-refractivity contribution in [2.45, 2.75) is 44.1 Å². The SMILES string of the molecule is O=C1OC[C@@H](Cc2ccccc2)N1C(=O)[C@H](CC[C@H](O)c1ccc(F)cc1)C(Nc1ccc(O)cc1)c1ccc(Br)cc1OCc1ccccc1. The number of aliphatic hydroxyl groups is 1. The molecule has 1 heterocycles. The number of anilines is 1. The number of cyclic esters (lactones) is 1. The molecule has 1 fully saturated rings. The molecule has 3 N–H and O–H groups in total. The Labute approximate surface area is 304 Å². The first kappa shape index (κ1) is 35.6. The van der Waals surface area contributed by atoms with E-state index in [-0.39, 0.29) is 31.8 Å². The van der Waals surface area contributed by atoms with Crippen molar-refractivity contribution in [2.24, 2.45) is 5.92 Å². The second-order valence-corrected chi connectivity index (χ2v) is 13.4. The topological polar surface area (TPSA) is 108 Å². The Balaban J connectivity index is 1.41. The zero-order valence-corrected chi connectivity index (χ0v) is 29.3. The molecule has 262 valence electrons. The van der Waals surface area contributed by atoms with Crippen LogP contribution in [0.5, 0.6) is 11.5 Å². The highest BCUT2D eigenvalue weighted by molar-refractivity contribution is 9.10. The number of amides is 2. The largest absolute Gasteiger partial charge is 0.508 e. The molecule has 5 aromatic carbocycles. The molecule has 6 rings (SSSR count). The summed E-state index contributed by atoms with van der Waals surface area (Å²) in [6, 6.07) is 35.6. The van der Waals surface area contributed by atoms with E-state index >= 15 is 0 Å². The highest BCUT2D eigenvalue weighted by Crippen LogP contribution is 2.40. The lowest BCUT2D eigenvalue weighted by Crippen LogP contribution is -2.46. The number of carbonyl (C=O) groups is 2. The van der Waals surface area contributed by atoms with Crippen molar-refractivity contribution in [1.29, 1.82) is 0 Å². The minimum absolute atomic E-state index is 0.0458. The Bertz CT molecular complexity index is 1910. The monoisotopic (exact) mass is 752 g/mol. The van der Waals surface area contributed by atoms with Crippen molar-refractivity contribution in [2.75, 3.05) is 11.9 Å². The van der Waals surface area contributed by atoms with Crippen LogP contribution in [0, 0.1) is 11.7 Å². The summed E-state index contributed by atoms with van der Waals surface area (Å²) in [5.41, 5.74) is 3.65. The van der Waals surface area contributed by atoms with Gasteiger partial charge in [0, 0.05) is 15.7 Å². The Morgan fingerprint density at radius 1 is 0.902 bits per heavy atom. The van der Waals surface area contributed by atoms with Gasteiger partial charge in [-0.15, -0.1) is 0 Å². The van der Waals surface area contributed by atoms with Crippen molar-refractivity contribution in [3.05, 3.63) is 160 Å². The van der Waals surface area contributed by atoms with Crippen LogP contribution in [0.3, 0.4) is 0 Å². The standard InChI is InChI=1S/C41H38BrFN2O6/c42-30-13-20-35(38(24-30)50-25-28-9-5-2-6-10-28)39(44-32-16-18-34(46)19-17-32)36(21-22-37(47)29-11-14-31(43)15-12-29)40(48)45-33(26-51-41(45)49)23-27-7-3-1-4-8-27/h1-20,24,33,36-37,39,44,46-47H,21-23,25-26H2/t33-,36-,37+,39?/m1/s1. The maximum atomic E-state index is 14.9. The van der Waals surface area contributed by atoms with E-state index in [0.717, 1.165) is 15.6 Å². The molecule has 2 amide bonds. The number of hydrogen-bond acceptors (Lipinski definition) is 7. The molecule has 0 radical (unpaired) electrons. The molecule has 1 unspecified atom stereocenters. The summed E-state index contributed by atoms with van der Waals surface area (Å²) in [6.45, 7) is 0.305.